The first-order valence-electron chi connectivity index (χ1n) is 3.05. The molecule has 1 N–H and O–H groups in total. The fraction of sp³-hybridized carbons (Fsp3) is 1.00. The van der Waals surface area contributed by atoms with E-state index in [1.807, 2.05) is 0 Å². The quantitative estimate of drug-likeness (QED) is 0.438. The zero-order valence-electron chi connectivity index (χ0n) is 5.22. The van der Waals surface area contributed by atoms with E-state index in [2.05, 4.69) is 12.3 Å². The highest BCUT2D eigenvalue weighted by Crippen LogP contribution is 2.04. The molecule has 1 atom stereocenters. The number of hydrogen-bond donors (Lipinski definition) is 1. The van der Waals surface area contributed by atoms with Crippen LogP contribution in [0, 0.1) is 5.92 Å². The largest absolute Gasteiger partial charge is 0.298 e. The molecule has 0 bridgehead atoms. The molecule has 0 aromatic carbocycles. The lowest BCUT2D eigenvalue weighted by Crippen LogP contribution is -2.44. The third-order valence-corrected chi connectivity index (χ3v) is 1.51. The molecule has 1 fully saturated rings. The third-order valence-electron chi connectivity index (χ3n) is 1.51. The van der Waals surface area contributed by atoms with Crippen molar-refractivity contribution < 1.29 is 0 Å². The van der Waals surface area contributed by atoms with Gasteiger partial charge in [-0.05, 0) is 18.9 Å². The Morgan fingerprint density at radius 1 is 1.75 bits per heavy atom. The van der Waals surface area contributed by atoms with Crippen molar-refractivity contribution in [1.82, 2.24) is 10.3 Å². The number of hydrazine groups is 1. The Hall–Kier alpha value is -0.0151. The fourth-order valence-electron chi connectivity index (χ4n) is 0.814. The molecule has 0 amide bonds. The van der Waals surface area contributed by atoms with Gasteiger partial charge in [-0.25, -0.2) is 0 Å². The Balaban J connectivity index is 2.19. The monoisotopic (exact) mass is 110 g/mol. The van der Waals surface area contributed by atoms with Gasteiger partial charge in [0.15, 0.2) is 0 Å². The topological polar surface area (TPSA) is 15.3 Å². The van der Waals surface area contributed by atoms with Crippen LogP contribution >= 0.6 is 0 Å². The van der Waals surface area contributed by atoms with Crippen LogP contribution in [0.5, 0.6) is 0 Å². The van der Waals surface area contributed by atoms with Crippen LogP contribution in [0.2, 0.25) is 0 Å². The van der Waals surface area contributed by atoms with Crippen LogP contribution in [0.4, 0.5) is 0 Å². The molecule has 8 heavy (non-hydrogen) atoms. The molecule has 0 spiro atoms. The van der Waals surface area contributed by atoms with Gasteiger partial charge in [-0.3, -0.25) is 10.3 Å². The maximum Gasteiger partial charge on any atom is 0.206 e. The molecule has 44 valence electrons. The zero-order chi connectivity index (χ0) is 5.98. The van der Waals surface area contributed by atoms with Gasteiger partial charge in [-0.1, -0.05) is 6.92 Å². The molecule has 0 saturated carbocycles. The molecule has 2 radical (unpaired) electrons. The van der Waals surface area contributed by atoms with Crippen LogP contribution in [-0.2, 0) is 0 Å². The summed E-state index contributed by atoms with van der Waals surface area (Å²) in [7, 11) is 5.42. The molecular formula is C5H11BN2. The Labute approximate surface area is 51.6 Å². The summed E-state index contributed by atoms with van der Waals surface area (Å²) in [6.07, 6.45) is 1.21. The molecule has 0 aromatic heterocycles. The molecule has 0 aliphatic carbocycles. The van der Waals surface area contributed by atoms with Crippen LogP contribution < -0.4 is 5.43 Å². The second-order valence-corrected chi connectivity index (χ2v) is 2.45. The van der Waals surface area contributed by atoms with Crippen molar-refractivity contribution in [2.45, 2.75) is 13.3 Å². The predicted molar refractivity (Wildman–Crippen MR) is 34.2 cm³/mol. The van der Waals surface area contributed by atoms with Crippen molar-refractivity contribution in [1.29, 1.82) is 0 Å². The number of hydrogen-bond acceptors (Lipinski definition) is 2. The maximum atomic E-state index is 5.42. The van der Waals surface area contributed by atoms with Gasteiger partial charge in [0.1, 0.15) is 0 Å². The van der Waals surface area contributed by atoms with Crippen molar-refractivity contribution >= 4 is 7.98 Å². The van der Waals surface area contributed by atoms with E-state index in [4.69, 9.17) is 7.98 Å². The fourth-order valence-corrected chi connectivity index (χ4v) is 0.814. The van der Waals surface area contributed by atoms with Gasteiger partial charge in [0.2, 0.25) is 7.98 Å². The lowest BCUT2D eigenvalue weighted by molar-refractivity contribution is 0.232. The average molecular weight is 110 g/mol. The van der Waals surface area contributed by atoms with Crippen molar-refractivity contribution in [3.63, 3.8) is 0 Å². The Morgan fingerprint density at radius 2 is 2.50 bits per heavy atom. The Morgan fingerprint density at radius 3 is 2.88 bits per heavy atom. The summed E-state index contributed by atoms with van der Waals surface area (Å²) in [4.78, 5) is 1.65. The molecule has 1 aliphatic heterocycles. The van der Waals surface area contributed by atoms with Crippen LogP contribution in [0.25, 0.3) is 0 Å². The SMILES string of the molecule is [B]N1CCC(C)CN1. The van der Waals surface area contributed by atoms with Crippen LogP contribution in [0.3, 0.4) is 0 Å². The van der Waals surface area contributed by atoms with Crippen LogP contribution in [0.15, 0.2) is 0 Å². The summed E-state index contributed by atoms with van der Waals surface area (Å²) in [5.74, 6) is 0.787. The van der Waals surface area contributed by atoms with Crippen molar-refractivity contribution in [3.8, 4) is 0 Å². The first kappa shape index (κ1) is 6.11. The minimum Gasteiger partial charge on any atom is -0.298 e. The summed E-state index contributed by atoms with van der Waals surface area (Å²) >= 11 is 0. The summed E-state index contributed by atoms with van der Waals surface area (Å²) < 4.78 is 0. The predicted octanol–water partition coefficient (Wildman–Crippen LogP) is -0.0837. The standard InChI is InChI=1S/C5H11BN2/c1-5-2-3-8(6)7-4-5/h5,7H,2-4H2,1H3. The highest BCUT2D eigenvalue weighted by molar-refractivity contribution is 6.03. The lowest BCUT2D eigenvalue weighted by atomic mass is 10.1. The Bertz CT molecular complexity index is 58.8. The second-order valence-electron chi connectivity index (χ2n) is 2.45. The summed E-state index contributed by atoms with van der Waals surface area (Å²) in [5, 5.41) is 0. The normalized spacial score (nSPS) is 32.9. The third kappa shape index (κ3) is 1.49. The molecule has 1 aliphatic rings. The van der Waals surface area contributed by atoms with Crippen molar-refractivity contribution in [2.75, 3.05) is 13.1 Å². The molecule has 1 heterocycles. The number of nitrogens with one attached hydrogen (secondary N) is 1. The highest BCUT2D eigenvalue weighted by Gasteiger charge is 2.09. The van der Waals surface area contributed by atoms with Crippen LogP contribution in [-0.4, -0.2) is 26.0 Å². The number of nitrogens with zero attached hydrogens (tertiary/aromatic N) is 1. The molecule has 2 nitrogen and oxygen atoms in total. The van der Waals surface area contributed by atoms with Gasteiger partial charge in [-0.2, -0.15) is 0 Å². The van der Waals surface area contributed by atoms with Gasteiger partial charge < -0.3 is 0 Å². The first-order chi connectivity index (χ1) is 3.79. The average Bonchev–Trinajstić information content (AvgIpc) is 1.77. The van der Waals surface area contributed by atoms with Gasteiger partial charge in [-0.15, -0.1) is 0 Å². The highest BCUT2D eigenvalue weighted by atomic mass is 15.5. The van der Waals surface area contributed by atoms with Gasteiger partial charge in [0.05, 0.1) is 0 Å². The van der Waals surface area contributed by atoms with E-state index in [1.54, 1.807) is 4.92 Å². The molecular weight excluding hydrogens is 98.9 g/mol. The van der Waals surface area contributed by atoms with E-state index in [0.29, 0.717) is 0 Å². The summed E-state index contributed by atoms with van der Waals surface area (Å²) in [6.45, 7) is 4.22. The maximum absolute atomic E-state index is 5.42. The van der Waals surface area contributed by atoms with Crippen molar-refractivity contribution in [2.24, 2.45) is 5.92 Å². The molecule has 1 unspecified atom stereocenters. The van der Waals surface area contributed by atoms with Crippen molar-refractivity contribution in [3.05, 3.63) is 0 Å². The van der Waals surface area contributed by atoms with E-state index >= 15 is 0 Å². The van der Waals surface area contributed by atoms with Gasteiger partial charge in [0, 0.05) is 6.54 Å². The summed E-state index contributed by atoms with van der Waals surface area (Å²) in [6, 6.07) is 0. The van der Waals surface area contributed by atoms with Crippen LogP contribution in [0.1, 0.15) is 13.3 Å². The second kappa shape index (κ2) is 2.51. The van der Waals surface area contributed by atoms with E-state index in [1.165, 1.54) is 6.42 Å². The lowest BCUT2D eigenvalue weighted by Gasteiger charge is -2.28. The molecule has 1 saturated heterocycles. The first-order valence-corrected chi connectivity index (χ1v) is 3.05. The van der Waals surface area contributed by atoms with E-state index in [9.17, 15) is 0 Å². The number of rotatable bonds is 0. The Kier molecular flexibility index (Phi) is 1.92. The smallest absolute Gasteiger partial charge is 0.206 e. The van der Waals surface area contributed by atoms with Gasteiger partial charge in [0.25, 0.3) is 0 Å². The minimum absolute atomic E-state index is 0.787. The van der Waals surface area contributed by atoms with Gasteiger partial charge >= 0.3 is 0 Å². The molecule has 1 rings (SSSR count). The molecule has 3 heteroatoms. The summed E-state index contributed by atoms with van der Waals surface area (Å²) in [5.41, 5.74) is 3.04. The van der Waals surface area contributed by atoms with E-state index in [-0.39, 0.29) is 0 Å². The van der Waals surface area contributed by atoms with E-state index < -0.39 is 0 Å². The minimum atomic E-state index is 0.787. The molecule has 0 aromatic rings. The zero-order valence-corrected chi connectivity index (χ0v) is 5.22. The van der Waals surface area contributed by atoms with E-state index in [0.717, 1.165) is 19.0 Å².